The maximum Gasteiger partial charge on any atom is 0.0795 e. The van der Waals surface area contributed by atoms with Crippen molar-refractivity contribution < 1.29 is 0 Å². The van der Waals surface area contributed by atoms with Crippen molar-refractivity contribution in [2.75, 3.05) is 19.6 Å². The van der Waals surface area contributed by atoms with E-state index >= 15 is 0 Å². The zero-order valence-electron chi connectivity index (χ0n) is 9.89. The normalized spacial score (nSPS) is 36.5. The zero-order chi connectivity index (χ0) is 11.1. The van der Waals surface area contributed by atoms with Crippen LogP contribution in [0.15, 0.2) is 10.9 Å². The van der Waals surface area contributed by atoms with Gasteiger partial charge in [0.1, 0.15) is 0 Å². The average molecular weight is 237 g/mol. The topological polar surface area (TPSA) is 28.2 Å². The highest BCUT2D eigenvalue weighted by Gasteiger charge is 2.43. The van der Waals surface area contributed by atoms with Gasteiger partial charge in [-0.2, -0.15) is 0 Å². The lowest BCUT2D eigenvalue weighted by Gasteiger charge is -2.29. The minimum absolute atomic E-state index is 0.479. The Labute approximate surface area is 101 Å². The first kappa shape index (κ1) is 10.7. The lowest BCUT2D eigenvalue weighted by atomic mass is 9.95. The van der Waals surface area contributed by atoms with Gasteiger partial charge in [0.25, 0.3) is 0 Å². The van der Waals surface area contributed by atoms with Crippen LogP contribution < -0.4 is 5.32 Å². The third-order valence-electron chi connectivity index (χ3n) is 4.36. The molecular formula is C12H19N3S. The SMILES string of the molecule is CC(c1cscn1)N1CC2CNCC2C1C. The summed E-state index contributed by atoms with van der Waals surface area (Å²) in [6, 6.07) is 1.17. The number of fused-ring (bicyclic) bond motifs is 1. The van der Waals surface area contributed by atoms with Crippen molar-refractivity contribution in [1.29, 1.82) is 0 Å². The molecular weight excluding hydrogens is 218 g/mol. The molecule has 3 nitrogen and oxygen atoms in total. The standard InChI is InChI=1S/C12H19N3S/c1-8-11-4-13-3-10(11)5-15(8)9(2)12-6-16-7-14-12/h6-11,13H,3-5H2,1-2H3. The molecule has 1 N–H and O–H groups in total. The van der Waals surface area contributed by atoms with E-state index in [1.807, 2.05) is 5.51 Å². The lowest BCUT2D eigenvalue weighted by Crippen LogP contribution is -2.35. The summed E-state index contributed by atoms with van der Waals surface area (Å²) < 4.78 is 0. The van der Waals surface area contributed by atoms with Gasteiger partial charge in [-0.15, -0.1) is 11.3 Å². The predicted octanol–water partition coefficient (Wildman–Crippen LogP) is 1.74. The van der Waals surface area contributed by atoms with Crippen LogP contribution in [0.1, 0.15) is 25.6 Å². The highest BCUT2D eigenvalue weighted by molar-refractivity contribution is 7.07. The number of nitrogens with zero attached hydrogens (tertiary/aromatic N) is 2. The Kier molecular flexibility index (Phi) is 2.73. The Bertz CT molecular complexity index is 351. The Morgan fingerprint density at radius 1 is 1.56 bits per heavy atom. The van der Waals surface area contributed by atoms with Gasteiger partial charge in [0.2, 0.25) is 0 Å². The lowest BCUT2D eigenvalue weighted by molar-refractivity contribution is 0.179. The number of thiazole rings is 1. The van der Waals surface area contributed by atoms with Gasteiger partial charge in [0.15, 0.2) is 0 Å². The van der Waals surface area contributed by atoms with Crippen molar-refractivity contribution in [3.05, 3.63) is 16.6 Å². The maximum atomic E-state index is 4.45. The largest absolute Gasteiger partial charge is 0.316 e. The van der Waals surface area contributed by atoms with Crippen LogP contribution in [0.4, 0.5) is 0 Å². The van der Waals surface area contributed by atoms with Gasteiger partial charge in [-0.3, -0.25) is 4.90 Å². The minimum atomic E-state index is 0.479. The molecule has 1 aromatic rings. The van der Waals surface area contributed by atoms with E-state index in [1.165, 1.54) is 25.3 Å². The summed E-state index contributed by atoms with van der Waals surface area (Å²) >= 11 is 1.70. The first-order valence-corrected chi connectivity index (χ1v) is 7.06. The van der Waals surface area contributed by atoms with E-state index in [2.05, 4.69) is 34.4 Å². The quantitative estimate of drug-likeness (QED) is 0.849. The fourth-order valence-electron chi connectivity index (χ4n) is 3.31. The number of likely N-dealkylation sites (tertiary alicyclic amines) is 1. The molecule has 0 spiro atoms. The third kappa shape index (κ3) is 1.60. The van der Waals surface area contributed by atoms with Crippen molar-refractivity contribution in [2.24, 2.45) is 11.8 Å². The fraction of sp³-hybridized carbons (Fsp3) is 0.750. The molecule has 0 saturated carbocycles. The van der Waals surface area contributed by atoms with Gasteiger partial charge < -0.3 is 5.32 Å². The van der Waals surface area contributed by atoms with Crippen LogP contribution in [-0.4, -0.2) is 35.6 Å². The molecule has 0 bridgehead atoms. The molecule has 0 aliphatic carbocycles. The molecule has 4 heteroatoms. The number of hydrogen-bond donors (Lipinski definition) is 1. The fourth-order valence-corrected chi connectivity index (χ4v) is 3.95. The molecule has 0 radical (unpaired) electrons. The van der Waals surface area contributed by atoms with Gasteiger partial charge in [-0.25, -0.2) is 4.98 Å². The Morgan fingerprint density at radius 2 is 2.44 bits per heavy atom. The zero-order valence-corrected chi connectivity index (χ0v) is 10.7. The number of rotatable bonds is 2. The van der Waals surface area contributed by atoms with Crippen molar-refractivity contribution >= 4 is 11.3 Å². The molecule has 3 rings (SSSR count). The van der Waals surface area contributed by atoms with Crippen LogP contribution in [0.5, 0.6) is 0 Å². The molecule has 2 fully saturated rings. The van der Waals surface area contributed by atoms with Crippen LogP contribution in [0, 0.1) is 11.8 Å². The molecule has 0 aromatic carbocycles. The molecule has 3 heterocycles. The summed E-state index contributed by atoms with van der Waals surface area (Å²) in [6.07, 6.45) is 0. The monoisotopic (exact) mass is 237 g/mol. The third-order valence-corrected chi connectivity index (χ3v) is 4.96. The summed E-state index contributed by atoms with van der Waals surface area (Å²) in [7, 11) is 0. The van der Waals surface area contributed by atoms with Gasteiger partial charge in [0, 0.05) is 18.0 Å². The predicted molar refractivity (Wildman–Crippen MR) is 66.5 cm³/mol. The van der Waals surface area contributed by atoms with E-state index in [0.29, 0.717) is 12.1 Å². The highest BCUT2D eigenvalue weighted by Crippen LogP contribution is 2.37. The van der Waals surface area contributed by atoms with Crippen molar-refractivity contribution in [2.45, 2.75) is 25.9 Å². The maximum absolute atomic E-state index is 4.45. The second-order valence-corrected chi connectivity index (χ2v) is 5.83. The second-order valence-electron chi connectivity index (χ2n) is 5.11. The smallest absolute Gasteiger partial charge is 0.0795 e. The summed E-state index contributed by atoms with van der Waals surface area (Å²) in [5, 5.41) is 5.69. The number of hydrogen-bond acceptors (Lipinski definition) is 4. The summed E-state index contributed by atoms with van der Waals surface area (Å²) in [5.74, 6) is 1.71. The summed E-state index contributed by atoms with van der Waals surface area (Å²) in [4.78, 5) is 7.08. The molecule has 88 valence electrons. The van der Waals surface area contributed by atoms with Crippen LogP contribution in [0.2, 0.25) is 0 Å². The van der Waals surface area contributed by atoms with E-state index in [1.54, 1.807) is 11.3 Å². The van der Waals surface area contributed by atoms with Crippen LogP contribution >= 0.6 is 11.3 Å². The molecule has 2 aliphatic rings. The van der Waals surface area contributed by atoms with Gasteiger partial charge in [0.05, 0.1) is 17.2 Å². The Morgan fingerprint density at radius 3 is 3.12 bits per heavy atom. The Hall–Kier alpha value is -0.450. The molecule has 0 amide bonds. The second kappa shape index (κ2) is 4.09. The molecule has 4 atom stereocenters. The van der Waals surface area contributed by atoms with E-state index in [9.17, 15) is 0 Å². The van der Waals surface area contributed by atoms with Crippen molar-refractivity contribution in [3.63, 3.8) is 0 Å². The van der Waals surface area contributed by atoms with Gasteiger partial charge >= 0.3 is 0 Å². The summed E-state index contributed by atoms with van der Waals surface area (Å²) in [6.45, 7) is 8.31. The molecule has 2 aliphatic heterocycles. The van der Waals surface area contributed by atoms with E-state index in [-0.39, 0.29) is 0 Å². The first-order valence-electron chi connectivity index (χ1n) is 6.12. The van der Waals surface area contributed by atoms with Crippen molar-refractivity contribution in [3.8, 4) is 0 Å². The van der Waals surface area contributed by atoms with E-state index in [0.717, 1.165) is 11.8 Å². The van der Waals surface area contributed by atoms with Crippen LogP contribution in [-0.2, 0) is 0 Å². The van der Waals surface area contributed by atoms with E-state index in [4.69, 9.17) is 0 Å². The Balaban J connectivity index is 1.77. The van der Waals surface area contributed by atoms with E-state index < -0.39 is 0 Å². The number of aromatic nitrogens is 1. The van der Waals surface area contributed by atoms with Crippen LogP contribution in [0.25, 0.3) is 0 Å². The number of nitrogens with one attached hydrogen (secondary N) is 1. The molecule has 1 aromatic heterocycles. The molecule has 16 heavy (non-hydrogen) atoms. The first-order chi connectivity index (χ1) is 7.77. The highest BCUT2D eigenvalue weighted by atomic mass is 32.1. The summed E-state index contributed by atoms with van der Waals surface area (Å²) in [5.41, 5.74) is 3.18. The molecule has 4 unspecified atom stereocenters. The van der Waals surface area contributed by atoms with Crippen molar-refractivity contribution in [1.82, 2.24) is 15.2 Å². The minimum Gasteiger partial charge on any atom is -0.316 e. The van der Waals surface area contributed by atoms with Crippen LogP contribution in [0.3, 0.4) is 0 Å². The van der Waals surface area contributed by atoms with Gasteiger partial charge in [-0.05, 0) is 38.8 Å². The molecule has 2 saturated heterocycles. The van der Waals surface area contributed by atoms with Gasteiger partial charge in [-0.1, -0.05) is 0 Å². The average Bonchev–Trinajstić information content (AvgIpc) is 2.95.